The molecule has 0 radical (unpaired) electrons. The fourth-order valence-electron chi connectivity index (χ4n) is 1.90. The molecule has 1 heterocycles. The van der Waals surface area contributed by atoms with Crippen LogP contribution in [-0.2, 0) is 11.2 Å². The Morgan fingerprint density at radius 1 is 1.32 bits per heavy atom. The van der Waals surface area contributed by atoms with E-state index in [1.165, 1.54) is 0 Å². The molecule has 0 aliphatic rings. The quantitative estimate of drug-likeness (QED) is 0.787. The first-order chi connectivity index (χ1) is 10.7. The van der Waals surface area contributed by atoms with Crippen LogP contribution in [0.25, 0.3) is 10.6 Å². The zero-order chi connectivity index (χ0) is 15.9. The van der Waals surface area contributed by atoms with Gasteiger partial charge in [-0.1, -0.05) is 0 Å². The number of halogens is 1. The normalized spacial score (nSPS) is 10.3. The van der Waals surface area contributed by atoms with Crippen molar-refractivity contribution < 1.29 is 14.3 Å². The fourth-order valence-corrected chi connectivity index (χ4v) is 2.85. The molecule has 0 atom stereocenters. The number of hydrogen-bond donors (Lipinski definition) is 1. The number of hydrogen-bond acceptors (Lipinski definition) is 5. The fraction of sp³-hybridized carbons (Fsp3) is 0.333. The van der Waals surface area contributed by atoms with Crippen molar-refractivity contribution in [3.8, 4) is 22.1 Å². The highest BCUT2D eigenvalue weighted by Crippen LogP contribution is 2.33. The van der Waals surface area contributed by atoms with Gasteiger partial charge in [-0.05, 0) is 18.2 Å². The molecule has 118 valence electrons. The Kier molecular flexibility index (Phi) is 6.03. The maximum atomic E-state index is 11.1. The number of ether oxygens (including phenoxy) is 2. The Balaban J connectivity index is 2.06. The Morgan fingerprint density at radius 2 is 2.09 bits per heavy atom. The minimum Gasteiger partial charge on any atom is -0.493 e. The molecule has 0 aliphatic carbocycles. The van der Waals surface area contributed by atoms with E-state index in [1.807, 2.05) is 23.6 Å². The first kappa shape index (κ1) is 16.6. The van der Waals surface area contributed by atoms with Gasteiger partial charge in [0.2, 0.25) is 5.91 Å². The van der Waals surface area contributed by atoms with Crippen LogP contribution in [0.15, 0.2) is 23.6 Å². The largest absolute Gasteiger partial charge is 0.493 e. The third kappa shape index (κ3) is 4.11. The van der Waals surface area contributed by atoms with Gasteiger partial charge in [0.05, 0.1) is 19.9 Å². The maximum absolute atomic E-state index is 11.1. The summed E-state index contributed by atoms with van der Waals surface area (Å²) >= 11 is 6.98. The van der Waals surface area contributed by atoms with E-state index in [9.17, 15) is 4.79 Å². The molecule has 0 bridgehead atoms. The second kappa shape index (κ2) is 8.00. The molecule has 5 nitrogen and oxygen atoms in total. The van der Waals surface area contributed by atoms with E-state index < -0.39 is 0 Å². The number of carbonyl (C=O) groups is 1. The van der Waals surface area contributed by atoms with Gasteiger partial charge in [-0.3, -0.25) is 4.79 Å². The molecule has 2 rings (SSSR count). The molecule has 0 saturated heterocycles. The highest BCUT2D eigenvalue weighted by atomic mass is 35.5. The van der Waals surface area contributed by atoms with E-state index in [2.05, 4.69) is 10.3 Å². The van der Waals surface area contributed by atoms with Crippen molar-refractivity contribution >= 4 is 28.8 Å². The monoisotopic (exact) mass is 340 g/mol. The number of alkyl halides is 1. The number of rotatable bonds is 7. The topological polar surface area (TPSA) is 60.5 Å². The molecule has 2 aromatic rings. The van der Waals surface area contributed by atoms with E-state index in [1.54, 1.807) is 25.6 Å². The van der Waals surface area contributed by atoms with Crippen molar-refractivity contribution in [2.45, 2.75) is 6.42 Å². The van der Waals surface area contributed by atoms with E-state index >= 15 is 0 Å². The molecule has 1 aromatic carbocycles. The molecule has 0 unspecified atom stereocenters. The van der Waals surface area contributed by atoms with Gasteiger partial charge in [-0.2, -0.15) is 0 Å². The van der Waals surface area contributed by atoms with E-state index in [4.69, 9.17) is 21.1 Å². The first-order valence-corrected chi connectivity index (χ1v) is 8.08. The smallest absolute Gasteiger partial charge is 0.234 e. The van der Waals surface area contributed by atoms with Crippen molar-refractivity contribution in [3.05, 3.63) is 29.3 Å². The van der Waals surface area contributed by atoms with Crippen molar-refractivity contribution in [2.75, 3.05) is 26.6 Å². The van der Waals surface area contributed by atoms with Crippen LogP contribution in [0.2, 0.25) is 0 Å². The minimum atomic E-state index is -0.169. The molecule has 0 fully saturated rings. The lowest BCUT2D eigenvalue weighted by molar-refractivity contribution is -0.118. The molecule has 0 spiro atoms. The predicted molar refractivity (Wildman–Crippen MR) is 88.1 cm³/mol. The lowest BCUT2D eigenvalue weighted by atomic mass is 10.2. The standard InChI is InChI=1S/C15H17ClN2O3S/c1-20-12-4-3-10(7-13(12)21-2)15-18-11(9-22-15)5-6-17-14(19)8-16/h3-4,7,9H,5-6,8H2,1-2H3,(H,17,19). The molecule has 1 amide bonds. The Morgan fingerprint density at radius 3 is 2.77 bits per heavy atom. The van der Waals surface area contributed by atoms with Gasteiger partial charge in [0.25, 0.3) is 0 Å². The molecule has 1 N–H and O–H groups in total. The third-order valence-electron chi connectivity index (χ3n) is 3.01. The van der Waals surface area contributed by atoms with Crippen molar-refractivity contribution in [1.82, 2.24) is 10.3 Å². The molecular formula is C15H17ClN2O3S. The van der Waals surface area contributed by atoms with Crippen LogP contribution in [0.3, 0.4) is 0 Å². The van der Waals surface area contributed by atoms with Crippen LogP contribution in [0, 0.1) is 0 Å². The van der Waals surface area contributed by atoms with Gasteiger partial charge in [0.1, 0.15) is 10.9 Å². The average Bonchev–Trinajstić information content (AvgIpc) is 3.02. The van der Waals surface area contributed by atoms with E-state index in [-0.39, 0.29) is 11.8 Å². The summed E-state index contributed by atoms with van der Waals surface area (Å²) in [6, 6.07) is 5.70. The number of carbonyl (C=O) groups excluding carboxylic acids is 1. The first-order valence-electron chi connectivity index (χ1n) is 6.67. The average molecular weight is 341 g/mol. The van der Waals surface area contributed by atoms with Gasteiger partial charge in [-0.25, -0.2) is 4.98 Å². The van der Waals surface area contributed by atoms with Crippen molar-refractivity contribution in [2.24, 2.45) is 0 Å². The summed E-state index contributed by atoms with van der Waals surface area (Å²) in [5, 5.41) is 5.61. The Labute approximate surface area is 138 Å². The van der Waals surface area contributed by atoms with E-state index in [0.29, 0.717) is 24.5 Å². The van der Waals surface area contributed by atoms with Crippen LogP contribution < -0.4 is 14.8 Å². The number of methoxy groups -OCH3 is 2. The molecule has 0 aliphatic heterocycles. The van der Waals surface area contributed by atoms with Crippen LogP contribution in [-0.4, -0.2) is 37.5 Å². The lowest BCUT2D eigenvalue weighted by Crippen LogP contribution is -2.26. The molecule has 1 aromatic heterocycles. The summed E-state index contributed by atoms with van der Waals surface area (Å²) in [6.07, 6.45) is 0.673. The van der Waals surface area contributed by atoms with Gasteiger partial charge in [-0.15, -0.1) is 22.9 Å². The lowest BCUT2D eigenvalue weighted by Gasteiger charge is -2.08. The zero-order valence-electron chi connectivity index (χ0n) is 12.4. The maximum Gasteiger partial charge on any atom is 0.234 e. The summed E-state index contributed by atoms with van der Waals surface area (Å²) in [5.41, 5.74) is 1.91. The number of nitrogens with one attached hydrogen (secondary N) is 1. The predicted octanol–water partition coefficient (Wildman–Crippen LogP) is 2.72. The molecule has 22 heavy (non-hydrogen) atoms. The molecular weight excluding hydrogens is 324 g/mol. The number of benzene rings is 1. The highest BCUT2D eigenvalue weighted by Gasteiger charge is 2.09. The summed E-state index contributed by atoms with van der Waals surface area (Å²) in [5.74, 6) is 1.17. The zero-order valence-corrected chi connectivity index (χ0v) is 14.0. The van der Waals surface area contributed by atoms with Crippen molar-refractivity contribution in [1.29, 1.82) is 0 Å². The molecule has 0 saturated carbocycles. The minimum absolute atomic E-state index is 0.0199. The van der Waals surface area contributed by atoms with Crippen LogP contribution in [0.5, 0.6) is 11.5 Å². The molecule has 7 heteroatoms. The van der Waals surface area contributed by atoms with Gasteiger partial charge in [0, 0.05) is 23.9 Å². The summed E-state index contributed by atoms with van der Waals surface area (Å²) < 4.78 is 10.5. The summed E-state index contributed by atoms with van der Waals surface area (Å²) in [7, 11) is 3.21. The van der Waals surface area contributed by atoms with Crippen LogP contribution in [0.4, 0.5) is 0 Å². The SMILES string of the molecule is COc1ccc(-c2nc(CCNC(=O)CCl)cs2)cc1OC. The number of nitrogens with zero attached hydrogens (tertiary/aromatic N) is 1. The third-order valence-corrected chi connectivity index (χ3v) is 4.19. The van der Waals surface area contributed by atoms with E-state index in [0.717, 1.165) is 16.3 Å². The van der Waals surface area contributed by atoms with Crippen molar-refractivity contribution in [3.63, 3.8) is 0 Å². The van der Waals surface area contributed by atoms with Gasteiger partial charge in [0.15, 0.2) is 11.5 Å². The second-order valence-electron chi connectivity index (χ2n) is 4.45. The summed E-state index contributed by atoms with van der Waals surface area (Å²) in [6.45, 7) is 0.528. The summed E-state index contributed by atoms with van der Waals surface area (Å²) in [4.78, 5) is 15.6. The van der Waals surface area contributed by atoms with Crippen LogP contribution >= 0.6 is 22.9 Å². The second-order valence-corrected chi connectivity index (χ2v) is 5.57. The van der Waals surface area contributed by atoms with Gasteiger partial charge < -0.3 is 14.8 Å². The number of aromatic nitrogens is 1. The Hall–Kier alpha value is -1.79. The van der Waals surface area contributed by atoms with Gasteiger partial charge >= 0.3 is 0 Å². The van der Waals surface area contributed by atoms with Crippen LogP contribution in [0.1, 0.15) is 5.69 Å². The number of amides is 1. The number of thiazole rings is 1. The highest BCUT2D eigenvalue weighted by molar-refractivity contribution is 7.13. The Bertz CT molecular complexity index is 645.